The molecule has 0 N–H and O–H groups in total. The van der Waals surface area contributed by atoms with Crippen molar-refractivity contribution in [3.63, 3.8) is 0 Å². The molecule has 0 spiro atoms. The van der Waals surface area contributed by atoms with Gasteiger partial charge in [-0.2, -0.15) is 0 Å². The normalized spacial score (nSPS) is 0. The molecule has 0 heterocycles. The Kier molecular flexibility index (Phi) is 170. The Morgan fingerprint density at radius 3 is 1.25 bits per heavy atom. The van der Waals surface area contributed by atoms with Gasteiger partial charge in [0.15, 0.2) is 17.4 Å². The van der Waals surface area contributed by atoms with Gasteiger partial charge in [0, 0.05) is 19.5 Å². The van der Waals surface area contributed by atoms with E-state index in [4.69, 9.17) is 0 Å². The molecule has 0 saturated carbocycles. The van der Waals surface area contributed by atoms with Crippen molar-refractivity contribution in [2.45, 2.75) is 0 Å². The molecule has 0 aromatic carbocycles. The molecule has 0 atom stereocenters. The number of hydrogen-bond donors (Lipinski definition) is 0. The van der Waals surface area contributed by atoms with E-state index in [-0.39, 0.29) is 73.7 Å². The van der Waals surface area contributed by atoms with Gasteiger partial charge in [-0.15, -0.1) is 0 Å². The van der Waals surface area contributed by atoms with Crippen LogP contribution in [0.5, 0.6) is 0 Å². The molecule has 0 aliphatic rings. The molecule has 0 aliphatic carbocycles. The van der Waals surface area contributed by atoms with Gasteiger partial charge in [0.2, 0.25) is 0 Å². The summed E-state index contributed by atoms with van der Waals surface area (Å²) >= 11 is 0. The zero-order valence-electron chi connectivity index (χ0n) is 3.41. The molecular formula is H9AlMgSiZn. The van der Waals surface area contributed by atoms with Gasteiger partial charge in [-0.1, -0.05) is 0 Å². The molecule has 0 nitrogen and oxygen atoms in total. The van der Waals surface area contributed by atoms with Crippen molar-refractivity contribution in [3.05, 3.63) is 0 Å². The van der Waals surface area contributed by atoms with Gasteiger partial charge in [0.1, 0.15) is 0 Å². The molecule has 0 rings (SSSR count). The predicted molar refractivity (Wildman–Crippen MR) is 29.3 cm³/mol. The molecule has 0 aromatic heterocycles. The predicted octanol–water partition coefficient (Wildman–Crippen LogP) is -2.79. The largest absolute Gasteiger partial charge is 2.00 e. The fraction of sp³-hybridized carbons (Fsp3) is 0. The third kappa shape index (κ3) is 8.91. The summed E-state index contributed by atoms with van der Waals surface area (Å²) in [6.45, 7) is 0. The third-order valence-electron chi connectivity index (χ3n) is 0. The minimum atomic E-state index is 0. The van der Waals surface area contributed by atoms with Gasteiger partial charge >= 0.3 is 23.1 Å². The third-order valence-corrected chi connectivity index (χ3v) is 0. The van der Waals surface area contributed by atoms with Crippen LogP contribution in [-0.4, -0.2) is 51.4 Å². The second kappa shape index (κ2) is 19.2. The molecule has 0 aliphatic heterocycles. The summed E-state index contributed by atoms with van der Waals surface area (Å²) in [7, 11) is 0. The molecule has 0 aromatic rings. The van der Waals surface area contributed by atoms with Crippen LogP contribution in [-0.2, 0) is 19.5 Å². The maximum atomic E-state index is 0. The van der Waals surface area contributed by atoms with Crippen LogP contribution in [0.2, 0.25) is 0 Å². The first-order chi connectivity index (χ1) is 0. The van der Waals surface area contributed by atoms with E-state index in [1.807, 2.05) is 0 Å². The smallest absolute Gasteiger partial charge is 1.00 e. The molecule has 0 amide bonds. The quantitative estimate of drug-likeness (QED) is 0.330. The molecule has 0 unspecified atom stereocenters. The minimum absolute atomic E-state index is 0. The Bertz CT molecular complexity index is 13.5. The Morgan fingerprint density at radius 2 is 1.25 bits per heavy atom. The molecule has 0 radical (unpaired) electrons. The minimum Gasteiger partial charge on any atom is -1.00 e. The SMILES string of the molecule is [AlH3].[H-].[H-].[Mg+2].[SiH4].[Zn]. The summed E-state index contributed by atoms with van der Waals surface area (Å²) in [6, 6.07) is 0. The van der Waals surface area contributed by atoms with E-state index in [0.29, 0.717) is 0 Å². The number of hydrogen-bond acceptors (Lipinski definition) is 0. The van der Waals surface area contributed by atoms with E-state index in [9.17, 15) is 0 Å². The van der Waals surface area contributed by atoms with E-state index < -0.39 is 0 Å². The molecular weight excluding hydrogens is 145 g/mol. The monoisotopic (exact) mass is 152 g/mol. The van der Waals surface area contributed by atoms with Gasteiger partial charge in [0.25, 0.3) is 0 Å². The molecule has 4 heteroatoms. The van der Waals surface area contributed by atoms with Crippen molar-refractivity contribution >= 4 is 51.4 Å². The summed E-state index contributed by atoms with van der Waals surface area (Å²) in [5.41, 5.74) is 0. The average Bonchev–Trinajstić information content (AvgIpc) is 0. The van der Waals surface area contributed by atoms with Crippen LogP contribution >= 0.6 is 0 Å². The second-order valence-corrected chi connectivity index (χ2v) is 0. The van der Waals surface area contributed by atoms with E-state index >= 15 is 0 Å². The maximum absolute atomic E-state index is 0. The van der Waals surface area contributed by atoms with Crippen molar-refractivity contribution in [1.82, 2.24) is 0 Å². The molecule has 20 valence electrons. The molecule has 0 saturated heterocycles. The summed E-state index contributed by atoms with van der Waals surface area (Å²) in [4.78, 5) is 0. The van der Waals surface area contributed by atoms with Crippen LogP contribution in [0.3, 0.4) is 0 Å². The van der Waals surface area contributed by atoms with Crippen molar-refractivity contribution in [3.8, 4) is 0 Å². The van der Waals surface area contributed by atoms with Gasteiger partial charge in [-0.3, -0.25) is 0 Å². The van der Waals surface area contributed by atoms with Crippen molar-refractivity contribution in [2.24, 2.45) is 0 Å². The Labute approximate surface area is 73.1 Å². The Balaban J connectivity index is 0. The molecule has 0 bridgehead atoms. The van der Waals surface area contributed by atoms with Crippen LogP contribution in [0.4, 0.5) is 0 Å². The van der Waals surface area contributed by atoms with Gasteiger partial charge < -0.3 is 2.85 Å². The van der Waals surface area contributed by atoms with Gasteiger partial charge in [-0.25, -0.2) is 0 Å². The Morgan fingerprint density at radius 1 is 1.25 bits per heavy atom. The number of rotatable bonds is 0. The van der Waals surface area contributed by atoms with Crippen molar-refractivity contribution < 1.29 is 22.3 Å². The Hall–Kier alpha value is 2.14. The van der Waals surface area contributed by atoms with Crippen LogP contribution in [0.1, 0.15) is 2.85 Å². The van der Waals surface area contributed by atoms with Gasteiger partial charge in [-0.05, 0) is 11.0 Å². The standard InChI is InChI=1S/Al.Mg.H4Si.Zn.5H/h;;1H4;;;;;;/q;+2;;;;;;2*-1. The van der Waals surface area contributed by atoms with Crippen molar-refractivity contribution in [2.75, 3.05) is 0 Å². The first-order valence-corrected chi connectivity index (χ1v) is 0. The van der Waals surface area contributed by atoms with Crippen LogP contribution in [0.25, 0.3) is 0 Å². The van der Waals surface area contributed by atoms with Crippen molar-refractivity contribution in [1.29, 1.82) is 0 Å². The first kappa shape index (κ1) is 35.4. The van der Waals surface area contributed by atoms with E-state index in [2.05, 4.69) is 0 Å². The van der Waals surface area contributed by atoms with E-state index in [1.54, 1.807) is 0 Å². The van der Waals surface area contributed by atoms with Crippen LogP contribution in [0.15, 0.2) is 0 Å². The van der Waals surface area contributed by atoms with Crippen LogP contribution < -0.4 is 0 Å². The van der Waals surface area contributed by atoms with E-state index in [1.165, 1.54) is 0 Å². The maximum Gasteiger partial charge on any atom is 2.00 e. The fourth-order valence-electron chi connectivity index (χ4n) is 0. The topological polar surface area (TPSA) is 0 Å². The fourth-order valence-corrected chi connectivity index (χ4v) is 0. The second-order valence-electron chi connectivity index (χ2n) is 0. The summed E-state index contributed by atoms with van der Waals surface area (Å²) in [5.74, 6) is 0. The summed E-state index contributed by atoms with van der Waals surface area (Å²) in [5, 5.41) is 0. The van der Waals surface area contributed by atoms with Crippen LogP contribution in [0, 0.1) is 0 Å². The first-order valence-electron chi connectivity index (χ1n) is 0. The zero-order chi connectivity index (χ0) is 0. The zero-order valence-corrected chi connectivity index (χ0v) is 5.80. The summed E-state index contributed by atoms with van der Waals surface area (Å²) in [6.07, 6.45) is 0. The molecule has 4 heavy (non-hydrogen) atoms. The van der Waals surface area contributed by atoms with E-state index in [0.717, 1.165) is 0 Å². The average molecular weight is 154 g/mol. The molecule has 0 fully saturated rings. The van der Waals surface area contributed by atoms with Gasteiger partial charge in [0.05, 0.1) is 0 Å². The summed E-state index contributed by atoms with van der Waals surface area (Å²) < 4.78 is 0.